The fourth-order valence-corrected chi connectivity index (χ4v) is 3.79. The standard InChI is InChI=1S/C22H23BrN6/c1-13(2)9-24-21-22-27-18(11-29(22)12-19(23)28-21)15-5-3-14(4-6-15)17-10-25-20(26-17)16-7-8-16/h3-6,10-13,16H,7-9H2,1-2H3,(H,24,28)(H,25,26). The van der Waals surface area contributed by atoms with Gasteiger partial charge in [-0.1, -0.05) is 38.1 Å². The predicted molar refractivity (Wildman–Crippen MR) is 119 cm³/mol. The minimum atomic E-state index is 0.528. The maximum absolute atomic E-state index is 4.84. The van der Waals surface area contributed by atoms with Gasteiger partial charge in [0.25, 0.3) is 0 Å². The van der Waals surface area contributed by atoms with Crippen molar-refractivity contribution in [3.8, 4) is 22.5 Å². The molecule has 1 saturated carbocycles. The Morgan fingerprint density at radius 3 is 2.62 bits per heavy atom. The summed E-state index contributed by atoms with van der Waals surface area (Å²) in [5, 5.41) is 3.40. The third-order valence-corrected chi connectivity index (χ3v) is 5.52. The molecule has 7 heteroatoms. The summed E-state index contributed by atoms with van der Waals surface area (Å²) in [6.07, 6.45) is 8.41. The molecular weight excluding hydrogens is 428 g/mol. The first-order chi connectivity index (χ1) is 14.1. The summed E-state index contributed by atoms with van der Waals surface area (Å²) in [7, 11) is 0. The molecule has 1 aromatic carbocycles. The maximum Gasteiger partial charge on any atom is 0.180 e. The molecule has 0 radical (unpaired) electrons. The van der Waals surface area contributed by atoms with Gasteiger partial charge < -0.3 is 14.7 Å². The summed E-state index contributed by atoms with van der Waals surface area (Å²) in [4.78, 5) is 17.4. The van der Waals surface area contributed by atoms with Crippen molar-refractivity contribution < 1.29 is 0 Å². The van der Waals surface area contributed by atoms with Gasteiger partial charge in [0.2, 0.25) is 0 Å². The van der Waals surface area contributed by atoms with Crippen LogP contribution in [0.1, 0.15) is 38.4 Å². The topological polar surface area (TPSA) is 70.9 Å². The lowest BCUT2D eigenvalue weighted by Gasteiger charge is -2.09. The molecule has 0 amide bonds. The van der Waals surface area contributed by atoms with Crippen LogP contribution in [-0.2, 0) is 0 Å². The van der Waals surface area contributed by atoms with E-state index in [0.717, 1.165) is 51.0 Å². The van der Waals surface area contributed by atoms with Crippen LogP contribution in [0.2, 0.25) is 0 Å². The second kappa shape index (κ2) is 7.30. The van der Waals surface area contributed by atoms with Gasteiger partial charge in [-0.2, -0.15) is 0 Å². The average Bonchev–Trinajstić information content (AvgIpc) is 3.28. The third kappa shape index (κ3) is 3.79. The van der Waals surface area contributed by atoms with Gasteiger partial charge in [0, 0.05) is 30.4 Å². The monoisotopic (exact) mass is 450 g/mol. The summed E-state index contributed by atoms with van der Waals surface area (Å²) < 4.78 is 2.79. The van der Waals surface area contributed by atoms with Gasteiger partial charge in [-0.3, -0.25) is 0 Å². The lowest BCUT2D eigenvalue weighted by atomic mass is 10.1. The molecule has 148 valence electrons. The second-order valence-corrected chi connectivity index (χ2v) is 8.89. The molecule has 29 heavy (non-hydrogen) atoms. The van der Waals surface area contributed by atoms with E-state index in [1.54, 1.807) is 0 Å². The van der Waals surface area contributed by atoms with Crippen molar-refractivity contribution in [2.75, 3.05) is 11.9 Å². The summed E-state index contributed by atoms with van der Waals surface area (Å²) in [5.74, 6) is 3.07. The number of nitrogens with zero attached hydrogens (tertiary/aromatic N) is 4. The molecule has 2 N–H and O–H groups in total. The minimum absolute atomic E-state index is 0.528. The van der Waals surface area contributed by atoms with Crippen LogP contribution in [0, 0.1) is 5.92 Å². The smallest absolute Gasteiger partial charge is 0.180 e. The Labute approximate surface area is 177 Å². The average molecular weight is 451 g/mol. The van der Waals surface area contributed by atoms with Crippen LogP contribution in [0.15, 0.2) is 47.5 Å². The lowest BCUT2D eigenvalue weighted by Crippen LogP contribution is -2.10. The number of imidazole rings is 2. The number of hydrogen-bond donors (Lipinski definition) is 2. The van der Waals surface area contributed by atoms with Gasteiger partial charge in [0.05, 0.1) is 17.6 Å². The highest BCUT2D eigenvalue weighted by molar-refractivity contribution is 9.10. The number of benzene rings is 1. The van der Waals surface area contributed by atoms with Crippen LogP contribution in [-0.4, -0.2) is 30.9 Å². The Morgan fingerprint density at radius 2 is 1.90 bits per heavy atom. The van der Waals surface area contributed by atoms with Crippen molar-refractivity contribution in [1.29, 1.82) is 0 Å². The van der Waals surface area contributed by atoms with E-state index in [1.165, 1.54) is 12.8 Å². The Balaban J connectivity index is 1.44. The van der Waals surface area contributed by atoms with E-state index >= 15 is 0 Å². The molecule has 3 aromatic heterocycles. The van der Waals surface area contributed by atoms with E-state index in [4.69, 9.17) is 4.98 Å². The van der Waals surface area contributed by atoms with Gasteiger partial charge in [-0.25, -0.2) is 15.0 Å². The van der Waals surface area contributed by atoms with Crippen molar-refractivity contribution in [3.63, 3.8) is 0 Å². The molecule has 0 atom stereocenters. The fourth-order valence-electron chi connectivity index (χ4n) is 3.39. The van der Waals surface area contributed by atoms with E-state index in [0.29, 0.717) is 11.8 Å². The first kappa shape index (κ1) is 18.4. The molecule has 0 spiro atoms. The molecule has 1 aliphatic rings. The Bertz CT molecular complexity index is 1150. The number of rotatable bonds is 6. The highest BCUT2D eigenvalue weighted by atomic mass is 79.9. The highest BCUT2D eigenvalue weighted by Gasteiger charge is 2.26. The quantitative estimate of drug-likeness (QED) is 0.407. The van der Waals surface area contributed by atoms with Crippen LogP contribution < -0.4 is 5.32 Å². The van der Waals surface area contributed by atoms with Gasteiger partial charge in [-0.05, 0) is 40.3 Å². The molecule has 6 nitrogen and oxygen atoms in total. The van der Waals surface area contributed by atoms with Crippen LogP contribution in [0.25, 0.3) is 28.2 Å². The number of H-pyrrole nitrogens is 1. The lowest BCUT2D eigenvalue weighted by molar-refractivity contribution is 0.687. The number of hydrogen-bond acceptors (Lipinski definition) is 4. The van der Waals surface area contributed by atoms with Gasteiger partial charge in [0.1, 0.15) is 10.4 Å². The number of nitrogens with one attached hydrogen (secondary N) is 2. The Kier molecular flexibility index (Phi) is 4.62. The SMILES string of the molecule is CC(C)CNc1nc(Br)cn2cc(-c3ccc(-c4cnc(C5CC5)[nH]4)cc3)nc12. The van der Waals surface area contributed by atoms with Crippen LogP contribution >= 0.6 is 15.9 Å². The molecule has 5 rings (SSSR count). The predicted octanol–water partition coefficient (Wildman–Crippen LogP) is 5.49. The first-order valence-corrected chi connectivity index (χ1v) is 10.8. The van der Waals surface area contributed by atoms with Gasteiger partial charge in [-0.15, -0.1) is 0 Å². The number of aromatic nitrogens is 5. The molecule has 0 bridgehead atoms. The van der Waals surface area contributed by atoms with E-state index in [1.807, 2.05) is 23.0 Å². The van der Waals surface area contributed by atoms with E-state index < -0.39 is 0 Å². The zero-order chi connectivity index (χ0) is 20.0. The zero-order valence-corrected chi connectivity index (χ0v) is 18.1. The molecule has 0 saturated heterocycles. The van der Waals surface area contributed by atoms with Crippen molar-refractivity contribution >= 4 is 27.4 Å². The maximum atomic E-state index is 4.84. The number of aromatic amines is 1. The molecule has 1 fully saturated rings. The first-order valence-electron chi connectivity index (χ1n) is 10.0. The van der Waals surface area contributed by atoms with E-state index in [2.05, 4.69) is 74.3 Å². The third-order valence-electron chi connectivity index (χ3n) is 5.14. The molecular formula is C22H23BrN6. The van der Waals surface area contributed by atoms with E-state index in [-0.39, 0.29) is 0 Å². The van der Waals surface area contributed by atoms with Crippen LogP contribution in [0.4, 0.5) is 5.82 Å². The summed E-state index contributed by atoms with van der Waals surface area (Å²) in [6, 6.07) is 8.46. The van der Waals surface area contributed by atoms with Crippen LogP contribution in [0.3, 0.4) is 0 Å². The summed E-state index contributed by atoms with van der Waals surface area (Å²) in [5.41, 5.74) is 5.04. The Hall–Kier alpha value is -2.67. The molecule has 0 unspecified atom stereocenters. The molecule has 4 aromatic rings. The number of fused-ring (bicyclic) bond motifs is 1. The zero-order valence-electron chi connectivity index (χ0n) is 16.5. The van der Waals surface area contributed by atoms with Crippen molar-refractivity contribution in [3.05, 3.63) is 53.3 Å². The van der Waals surface area contributed by atoms with Gasteiger partial charge >= 0.3 is 0 Å². The number of anilines is 1. The van der Waals surface area contributed by atoms with Crippen molar-refractivity contribution in [2.45, 2.75) is 32.6 Å². The van der Waals surface area contributed by atoms with Crippen LogP contribution in [0.5, 0.6) is 0 Å². The van der Waals surface area contributed by atoms with Crippen molar-refractivity contribution in [2.24, 2.45) is 5.92 Å². The minimum Gasteiger partial charge on any atom is -0.367 e. The Morgan fingerprint density at radius 1 is 1.14 bits per heavy atom. The highest BCUT2D eigenvalue weighted by Crippen LogP contribution is 2.39. The molecule has 1 aliphatic carbocycles. The number of halogens is 1. The molecule has 0 aliphatic heterocycles. The summed E-state index contributed by atoms with van der Waals surface area (Å²) >= 11 is 3.50. The van der Waals surface area contributed by atoms with E-state index in [9.17, 15) is 0 Å². The molecule has 3 heterocycles. The largest absolute Gasteiger partial charge is 0.367 e. The normalized spacial score (nSPS) is 14.1. The van der Waals surface area contributed by atoms with Gasteiger partial charge in [0.15, 0.2) is 11.5 Å². The van der Waals surface area contributed by atoms with Crippen molar-refractivity contribution in [1.82, 2.24) is 24.3 Å². The summed E-state index contributed by atoms with van der Waals surface area (Å²) in [6.45, 7) is 5.20. The second-order valence-electron chi connectivity index (χ2n) is 8.08. The fraction of sp³-hybridized carbons (Fsp3) is 0.318.